The fourth-order valence-corrected chi connectivity index (χ4v) is 1.90. The van der Waals surface area contributed by atoms with E-state index in [0.717, 1.165) is 23.3 Å². The lowest BCUT2D eigenvalue weighted by atomic mass is 10.1. The van der Waals surface area contributed by atoms with Crippen molar-refractivity contribution < 1.29 is 17.9 Å². The van der Waals surface area contributed by atoms with Crippen molar-refractivity contribution in [3.05, 3.63) is 58.9 Å². The second kappa shape index (κ2) is 5.86. The van der Waals surface area contributed by atoms with Crippen molar-refractivity contribution in [2.24, 2.45) is 0 Å². The first kappa shape index (κ1) is 14.2. The van der Waals surface area contributed by atoms with E-state index in [1.54, 1.807) is 6.07 Å². The van der Waals surface area contributed by atoms with Crippen molar-refractivity contribution in [2.45, 2.75) is 13.5 Å². The number of methoxy groups -OCH3 is 1. The van der Waals surface area contributed by atoms with Gasteiger partial charge in [-0.3, -0.25) is 0 Å². The zero-order valence-electron chi connectivity index (χ0n) is 11.1. The molecule has 1 N–H and O–H groups in total. The third kappa shape index (κ3) is 2.87. The second-order valence-electron chi connectivity index (χ2n) is 4.39. The number of benzene rings is 2. The minimum Gasteiger partial charge on any atom is -0.496 e. The van der Waals surface area contributed by atoms with Crippen molar-refractivity contribution in [3.63, 3.8) is 0 Å². The predicted octanol–water partition coefficient (Wildman–Crippen LogP) is 4.03. The molecule has 0 fully saturated rings. The van der Waals surface area contributed by atoms with E-state index in [9.17, 15) is 13.2 Å². The molecule has 0 bridgehead atoms. The van der Waals surface area contributed by atoms with E-state index < -0.39 is 17.5 Å². The smallest absolute Gasteiger partial charge is 0.196 e. The predicted molar refractivity (Wildman–Crippen MR) is 71.4 cm³/mol. The molecule has 0 heterocycles. The maximum Gasteiger partial charge on any atom is 0.196 e. The molecule has 2 aromatic carbocycles. The number of rotatable bonds is 4. The fraction of sp³-hybridized carbons (Fsp3) is 0.200. The third-order valence-corrected chi connectivity index (χ3v) is 2.94. The van der Waals surface area contributed by atoms with Gasteiger partial charge in [0.2, 0.25) is 0 Å². The molecular weight excluding hydrogens is 267 g/mol. The van der Waals surface area contributed by atoms with E-state index in [4.69, 9.17) is 4.74 Å². The average Bonchev–Trinajstić information content (AvgIpc) is 2.44. The molecule has 20 heavy (non-hydrogen) atoms. The summed E-state index contributed by atoms with van der Waals surface area (Å²) >= 11 is 0. The van der Waals surface area contributed by atoms with Crippen LogP contribution < -0.4 is 10.1 Å². The molecule has 0 radical (unpaired) electrons. The molecule has 0 atom stereocenters. The lowest BCUT2D eigenvalue weighted by Gasteiger charge is -2.12. The minimum atomic E-state index is -1.48. The zero-order valence-corrected chi connectivity index (χ0v) is 11.1. The number of ether oxygens (including phenoxy) is 1. The molecule has 0 aliphatic carbocycles. The maximum atomic E-state index is 13.5. The fourth-order valence-electron chi connectivity index (χ4n) is 1.90. The SMILES string of the molecule is COc1ccc(C)cc1CNc1ccc(F)c(F)c1F. The molecule has 0 amide bonds. The van der Waals surface area contributed by atoms with Crippen LogP contribution in [0.3, 0.4) is 0 Å². The molecule has 2 aromatic rings. The molecular formula is C15H14F3NO. The van der Waals surface area contributed by atoms with Crippen LogP contribution in [0.15, 0.2) is 30.3 Å². The highest BCUT2D eigenvalue weighted by atomic mass is 19.2. The van der Waals surface area contributed by atoms with Crippen molar-refractivity contribution in [1.82, 2.24) is 0 Å². The summed E-state index contributed by atoms with van der Waals surface area (Å²) in [4.78, 5) is 0. The van der Waals surface area contributed by atoms with Gasteiger partial charge < -0.3 is 10.1 Å². The lowest BCUT2D eigenvalue weighted by molar-refractivity contribution is 0.410. The molecule has 0 aromatic heterocycles. The van der Waals surface area contributed by atoms with Gasteiger partial charge in [0.1, 0.15) is 5.75 Å². The van der Waals surface area contributed by atoms with Gasteiger partial charge in [0.25, 0.3) is 0 Å². The Labute approximate surface area is 115 Å². The van der Waals surface area contributed by atoms with E-state index in [1.165, 1.54) is 7.11 Å². The Bertz CT molecular complexity index is 629. The van der Waals surface area contributed by atoms with Gasteiger partial charge in [0.05, 0.1) is 12.8 Å². The Morgan fingerprint density at radius 2 is 1.80 bits per heavy atom. The largest absolute Gasteiger partial charge is 0.496 e. The van der Waals surface area contributed by atoms with Gasteiger partial charge in [-0.2, -0.15) is 0 Å². The highest BCUT2D eigenvalue weighted by Crippen LogP contribution is 2.23. The Balaban J connectivity index is 2.21. The monoisotopic (exact) mass is 281 g/mol. The first-order valence-electron chi connectivity index (χ1n) is 6.04. The molecule has 0 aliphatic heterocycles. The summed E-state index contributed by atoms with van der Waals surface area (Å²) in [5.41, 5.74) is 1.73. The van der Waals surface area contributed by atoms with Crippen LogP contribution in [0.1, 0.15) is 11.1 Å². The van der Waals surface area contributed by atoms with E-state index in [0.29, 0.717) is 5.75 Å². The van der Waals surface area contributed by atoms with E-state index in [1.807, 2.05) is 19.1 Å². The highest BCUT2D eigenvalue weighted by Gasteiger charge is 2.13. The summed E-state index contributed by atoms with van der Waals surface area (Å²) in [7, 11) is 1.53. The number of halogens is 3. The first-order valence-corrected chi connectivity index (χ1v) is 6.04. The van der Waals surface area contributed by atoms with Gasteiger partial charge >= 0.3 is 0 Å². The van der Waals surface area contributed by atoms with Crippen molar-refractivity contribution in [2.75, 3.05) is 12.4 Å². The highest BCUT2D eigenvalue weighted by molar-refractivity contribution is 5.47. The molecule has 0 saturated heterocycles. The van der Waals surface area contributed by atoms with Crippen LogP contribution in [0.2, 0.25) is 0 Å². The van der Waals surface area contributed by atoms with Crippen molar-refractivity contribution >= 4 is 5.69 Å². The van der Waals surface area contributed by atoms with Crippen molar-refractivity contribution in [3.8, 4) is 5.75 Å². The zero-order chi connectivity index (χ0) is 14.7. The molecule has 2 nitrogen and oxygen atoms in total. The topological polar surface area (TPSA) is 21.3 Å². The third-order valence-electron chi connectivity index (χ3n) is 2.94. The molecule has 106 valence electrons. The van der Waals surface area contributed by atoms with Gasteiger partial charge in [0, 0.05) is 12.1 Å². The first-order chi connectivity index (χ1) is 9.52. The second-order valence-corrected chi connectivity index (χ2v) is 4.39. The van der Waals surface area contributed by atoms with Crippen LogP contribution in [-0.2, 0) is 6.54 Å². The number of aryl methyl sites for hydroxylation is 1. The van der Waals surface area contributed by atoms with E-state index in [-0.39, 0.29) is 12.2 Å². The summed E-state index contributed by atoms with van der Waals surface area (Å²) in [6.07, 6.45) is 0. The number of anilines is 1. The van der Waals surface area contributed by atoms with Crippen LogP contribution in [0.5, 0.6) is 5.75 Å². The summed E-state index contributed by atoms with van der Waals surface area (Å²) in [6.45, 7) is 2.16. The number of hydrogen-bond donors (Lipinski definition) is 1. The Morgan fingerprint density at radius 3 is 2.50 bits per heavy atom. The van der Waals surface area contributed by atoms with Gasteiger partial charge in [-0.1, -0.05) is 17.7 Å². The number of nitrogens with one attached hydrogen (secondary N) is 1. The molecule has 0 spiro atoms. The summed E-state index contributed by atoms with van der Waals surface area (Å²) in [5.74, 6) is -3.27. The minimum absolute atomic E-state index is 0.0903. The Hall–Kier alpha value is -2.17. The van der Waals surface area contributed by atoms with Gasteiger partial charge in [-0.05, 0) is 25.1 Å². The Kier molecular flexibility index (Phi) is 4.17. The maximum absolute atomic E-state index is 13.5. The van der Waals surface area contributed by atoms with Crippen LogP contribution >= 0.6 is 0 Å². The van der Waals surface area contributed by atoms with Gasteiger partial charge in [-0.15, -0.1) is 0 Å². The summed E-state index contributed by atoms with van der Waals surface area (Å²) in [5, 5.41) is 2.74. The number of hydrogen-bond acceptors (Lipinski definition) is 2. The lowest BCUT2D eigenvalue weighted by Crippen LogP contribution is -2.05. The quantitative estimate of drug-likeness (QED) is 0.854. The van der Waals surface area contributed by atoms with Gasteiger partial charge in [0.15, 0.2) is 17.5 Å². The standard InChI is InChI=1S/C15H14F3NO/c1-9-3-6-13(20-2)10(7-9)8-19-12-5-4-11(16)14(17)15(12)18/h3-7,19H,8H2,1-2H3. The van der Waals surface area contributed by atoms with Crippen LogP contribution in [-0.4, -0.2) is 7.11 Å². The molecule has 0 aliphatic rings. The van der Waals surface area contributed by atoms with Crippen molar-refractivity contribution in [1.29, 1.82) is 0 Å². The summed E-state index contributed by atoms with van der Waals surface area (Å²) < 4.78 is 44.7. The molecule has 2 rings (SSSR count). The van der Waals surface area contributed by atoms with Crippen LogP contribution in [0, 0.1) is 24.4 Å². The van der Waals surface area contributed by atoms with E-state index in [2.05, 4.69) is 5.32 Å². The van der Waals surface area contributed by atoms with Gasteiger partial charge in [-0.25, -0.2) is 13.2 Å². The normalized spacial score (nSPS) is 10.4. The molecule has 5 heteroatoms. The Morgan fingerprint density at radius 1 is 1.05 bits per heavy atom. The average molecular weight is 281 g/mol. The van der Waals surface area contributed by atoms with E-state index >= 15 is 0 Å². The summed E-state index contributed by atoms with van der Waals surface area (Å²) in [6, 6.07) is 7.61. The van der Waals surface area contributed by atoms with Crippen LogP contribution in [0.25, 0.3) is 0 Å². The molecule has 0 unspecified atom stereocenters. The molecule has 0 saturated carbocycles. The van der Waals surface area contributed by atoms with Crippen LogP contribution in [0.4, 0.5) is 18.9 Å².